The van der Waals surface area contributed by atoms with E-state index in [0.29, 0.717) is 29.9 Å². The molecule has 3 heterocycles. The molecule has 1 aliphatic rings. The number of nitrogens with zero attached hydrogens (tertiary/aromatic N) is 5. The van der Waals surface area contributed by atoms with Crippen molar-refractivity contribution in [1.29, 1.82) is 0 Å². The first-order valence-electron chi connectivity index (χ1n) is 11.2. The molecule has 0 aliphatic heterocycles. The predicted octanol–water partition coefficient (Wildman–Crippen LogP) is 3.87. The maximum Gasteiger partial charge on any atom is 0.202 e. The molecule has 1 aliphatic carbocycles. The topological polar surface area (TPSA) is 94.7 Å². The predicted molar refractivity (Wildman–Crippen MR) is 131 cm³/mol. The van der Waals surface area contributed by atoms with Gasteiger partial charge in [-0.1, -0.05) is 6.07 Å². The van der Waals surface area contributed by atoms with Gasteiger partial charge in [0.05, 0.1) is 28.5 Å². The number of imidazole rings is 1. The molecule has 0 atom stereocenters. The van der Waals surface area contributed by atoms with E-state index in [9.17, 15) is 17.2 Å². The Morgan fingerprint density at radius 1 is 1.00 bits per heavy atom. The Balaban J connectivity index is 1.51. The van der Waals surface area contributed by atoms with Crippen LogP contribution in [0.15, 0.2) is 67.3 Å². The molecule has 11 heteroatoms. The van der Waals surface area contributed by atoms with Crippen LogP contribution in [-0.2, 0) is 23.5 Å². The molecule has 0 bridgehead atoms. The van der Waals surface area contributed by atoms with Gasteiger partial charge in [-0.3, -0.25) is 9.25 Å². The molecule has 1 N–H and O–H groups in total. The van der Waals surface area contributed by atoms with Crippen molar-refractivity contribution >= 4 is 21.9 Å². The van der Waals surface area contributed by atoms with Crippen LogP contribution >= 0.6 is 0 Å². The zero-order chi connectivity index (χ0) is 25.0. The van der Waals surface area contributed by atoms with E-state index in [2.05, 4.69) is 14.8 Å². The molecule has 0 spiro atoms. The molecule has 2 aromatic carbocycles. The van der Waals surface area contributed by atoms with E-state index in [-0.39, 0.29) is 5.56 Å². The maximum atomic E-state index is 14.7. The maximum absolute atomic E-state index is 14.7. The van der Waals surface area contributed by atoms with E-state index in [0.717, 1.165) is 28.2 Å². The molecule has 0 saturated heterocycles. The molecule has 1 fully saturated rings. The SMILES string of the molecule is Cn1cc(-c2ccc3c(c2)ncn3-c2cc(-c3ccc(F)cc3F)cc(C3(N[SH](=O)=O)CC3)n2)cn1. The van der Waals surface area contributed by atoms with Gasteiger partial charge in [-0.15, -0.1) is 0 Å². The second-order valence-electron chi connectivity index (χ2n) is 8.90. The van der Waals surface area contributed by atoms with Gasteiger partial charge in [-0.2, -0.15) is 5.10 Å². The van der Waals surface area contributed by atoms with Gasteiger partial charge in [0.25, 0.3) is 0 Å². The van der Waals surface area contributed by atoms with Crippen LogP contribution in [-0.4, -0.2) is 32.7 Å². The molecule has 3 aromatic heterocycles. The number of thiol groups is 1. The van der Waals surface area contributed by atoms with E-state index in [1.165, 1.54) is 12.1 Å². The second-order valence-corrected chi connectivity index (χ2v) is 9.63. The third-order valence-corrected chi connectivity index (χ3v) is 7.04. The molecule has 0 radical (unpaired) electrons. The van der Waals surface area contributed by atoms with Crippen molar-refractivity contribution in [3.05, 3.63) is 84.6 Å². The minimum absolute atomic E-state index is 0.187. The zero-order valence-electron chi connectivity index (χ0n) is 19.0. The number of nitrogens with one attached hydrogen (secondary N) is 1. The lowest BCUT2D eigenvalue weighted by Gasteiger charge is -2.17. The second kappa shape index (κ2) is 8.32. The summed E-state index contributed by atoms with van der Waals surface area (Å²) in [5.74, 6) is -0.959. The van der Waals surface area contributed by atoms with Gasteiger partial charge in [-0.25, -0.2) is 31.9 Å². The first-order chi connectivity index (χ1) is 17.3. The van der Waals surface area contributed by atoms with Gasteiger partial charge in [-0.05, 0) is 60.4 Å². The third kappa shape index (κ3) is 3.95. The van der Waals surface area contributed by atoms with Crippen molar-refractivity contribution in [3.8, 4) is 28.1 Å². The summed E-state index contributed by atoms with van der Waals surface area (Å²) >= 11 is 0. The van der Waals surface area contributed by atoms with Crippen LogP contribution in [0.4, 0.5) is 8.78 Å². The monoisotopic (exact) mass is 506 g/mol. The van der Waals surface area contributed by atoms with Crippen molar-refractivity contribution in [2.45, 2.75) is 18.4 Å². The van der Waals surface area contributed by atoms with E-state index in [1.54, 1.807) is 33.9 Å². The molecular formula is C25H20F2N6O2S. The average Bonchev–Trinajstić information content (AvgIpc) is 3.28. The summed E-state index contributed by atoms with van der Waals surface area (Å²) in [6.07, 6.45) is 6.44. The van der Waals surface area contributed by atoms with Crippen molar-refractivity contribution in [3.63, 3.8) is 0 Å². The van der Waals surface area contributed by atoms with Crippen LogP contribution in [0.5, 0.6) is 0 Å². The van der Waals surface area contributed by atoms with Crippen LogP contribution in [0.1, 0.15) is 18.5 Å². The summed E-state index contributed by atoms with van der Waals surface area (Å²) in [5.41, 5.74) is 3.66. The first kappa shape index (κ1) is 22.5. The van der Waals surface area contributed by atoms with Crippen molar-refractivity contribution < 1.29 is 17.2 Å². The van der Waals surface area contributed by atoms with E-state index >= 15 is 0 Å². The van der Waals surface area contributed by atoms with Gasteiger partial charge in [0, 0.05) is 30.4 Å². The van der Waals surface area contributed by atoms with Crippen LogP contribution in [0.25, 0.3) is 39.1 Å². The average molecular weight is 507 g/mol. The van der Waals surface area contributed by atoms with E-state index in [4.69, 9.17) is 4.98 Å². The van der Waals surface area contributed by atoms with Crippen molar-refractivity contribution in [1.82, 2.24) is 29.0 Å². The summed E-state index contributed by atoms with van der Waals surface area (Å²) < 4.78 is 57.4. The fraction of sp³-hybridized carbons (Fsp3) is 0.160. The highest BCUT2D eigenvalue weighted by Gasteiger charge is 2.47. The molecule has 182 valence electrons. The lowest BCUT2D eigenvalue weighted by Crippen LogP contribution is -2.28. The molecule has 0 unspecified atom stereocenters. The highest BCUT2D eigenvalue weighted by atomic mass is 32.2. The quantitative estimate of drug-likeness (QED) is 0.341. The fourth-order valence-corrected chi connectivity index (χ4v) is 5.12. The minimum Gasteiger partial charge on any atom is -0.283 e. The summed E-state index contributed by atoms with van der Waals surface area (Å²) in [7, 11) is -1.02. The summed E-state index contributed by atoms with van der Waals surface area (Å²) in [6.45, 7) is 0. The van der Waals surface area contributed by atoms with E-state index in [1.807, 2.05) is 31.4 Å². The molecule has 8 nitrogen and oxygen atoms in total. The van der Waals surface area contributed by atoms with Gasteiger partial charge >= 0.3 is 0 Å². The number of hydrogen-bond donors (Lipinski definition) is 2. The van der Waals surface area contributed by atoms with Gasteiger partial charge in [0.15, 0.2) is 0 Å². The number of aromatic nitrogens is 5. The number of pyridine rings is 1. The Kier molecular flexibility index (Phi) is 5.20. The highest BCUT2D eigenvalue weighted by Crippen LogP contribution is 2.46. The largest absolute Gasteiger partial charge is 0.283 e. The normalized spacial score (nSPS) is 14.6. The third-order valence-electron chi connectivity index (χ3n) is 6.43. The minimum atomic E-state index is -2.87. The smallest absolute Gasteiger partial charge is 0.202 e. The molecular weight excluding hydrogens is 486 g/mol. The van der Waals surface area contributed by atoms with Gasteiger partial charge < -0.3 is 0 Å². The summed E-state index contributed by atoms with van der Waals surface area (Å²) in [6, 6.07) is 12.5. The van der Waals surface area contributed by atoms with Crippen molar-refractivity contribution in [2.75, 3.05) is 0 Å². The standard InChI is InChI=1S/C25H20F2N6O2S/c1-32-13-17(12-29-32)15-2-5-22-21(8-15)28-14-33(22)24-10-16(19-4-3-18(26)11-20(19)27)9-23(30-24)25(6-7-25)31-36(34)35/h2-5,8-14,36H,6-7H2,1H3,(H,31,34,35). The first-order valence-corrected chi connectivity index (χ1v) is 12.4. The number of rotatable bonds is 6. The van der Waals surface area contributed by atoms with Crippen LogP contribution in [0.2, 0.25) is 0 Å². The van der Waals surface area contributed by atoms with Crippen LogP contribution < -0.4 is 4.72 Å². The van der Waals surface area contributed by atoms with Crippen LogP contribution in [0.3, 0.4) is 0 Å². The number of fused-ring (bicyclic) bond motifs is 1. The lowest BCUT2D eigenvalue weighted by atomic mass is 10.0. The Bertz CT molecular complexity index is 1710. The zero-order valence-corrected chi connectivity index (χ0v) is 19.9. The Hall–Kier alpha value is -3.96. The number of benzene rings is 2. The van der Waals surface area contributed by atoms with Crippen molar-refractivity contribution in [2.24, 2.45) is 7.05 Å². The Morgan fingerprint density at radius 3 is 2.53 bits per heavy atom. The van der Waals surface area contributed by atoms with E-state index < -0.39 is 28.1 Å². The van der Waals surface area contributed by atoms with Gasteiger partial charge in [0.1, 0.15) is 23.8 Å². The van der Waals surface area contributed by atoms with Crippen LogP contribution in [0, 0.1) is 11.6 Å². The summed E-state index contributed by atoms with van der Waals surface area (Å²) in [5, 5.41) is 4.21. The Labute approximate surface area is 206 Å². The lowest BCUT2D eigenvalue weighted by molar-refractivity contribution is 0.564. The molecule has 36 heavy (non-hydrogen) atoms. The fourth-order valence-electron chi connectivity index (χ4n) is 4.43. The Morgan fingerprint density at radius 2 is 1.83 bits per heavy atom. The number of halogens is 2. The molecule has 0 amide bonds. The molecule has 1 saturated carbocycles. The highest BCUT2D eigenvalue weighted by molar-refractivity contribution is 7.70. The molecule has 6 rings (SSSR count). The number of aryl methyl sites for hydroxylation is 1. The van der Waals surface area contributed by atoms with Gasteiger partial charge in [0.2, 0.25) is 10.9 Å². The number of hydrogen-bond acceptors (Lipinski definition) is 5. The molecule has 5 aromatic rings. The summed E-state index contributed by atoms with van der Waals surface area (Å²) in [4.78, 5) is 9.29.